The summed E-state index contributed by atoms with van der Waals surface area (Å²) in [4.78, 5) is 12.2. The van der Waals surface area contributed by atoms with Crippen LogP contribution in [0.3, 0.4) is 0 Å². The van der Waals surface area contributed by atoms with Crippen molar-refractivity contribution >= 4 is 16.1 Å². The summed E-state index contributed by atoms with van der Waals surface area (Å²) in [5, 5.41) is 9.11. The average Bonchev–Trinajstić information content (AvgIpc) is 2.29. The van der Waals surface area contributed by atoms with Crippen LogP contribution in [0.1, 0.15) is 0 Å². The van der Waals surface area contributed by atoms with Crippen LogP contribution in [0, 0.1) is 0 Å². The minimum atomic E-state index is -3.71. The van der Waals surface area contributed by atoms with E-state index in [-0.39, 0.29) is 18.3 Å². The van der Waals surface area contributed by atoms with Crippen LogP contribution >= 0.6 is 0 Å². The van der Waals surface area contributed by atoms with Crippen LogP contribution in [0.15, 0.2) is 0 Å². The topological polar surface area (TPSA) is 90.3 Å². The Labute approximate surface area is 70.8 Å². The number of amides is 2. The highest BCUT2D eigenvalue weighted by molar-refractivity contribution is 7.88. The molecular weight excluding hydrogens is 182 g/mol. The number of carbonyl (C=O) groups excluding carboxylic acids is 1. The molecule has 1 aliphatic rings. The van der Waals surface area contributed by atoms with Crippen molar-refractivity contribution in [2.24, 2.45) is 0 Å². The number of hydrogen-bond acceptors (Lipinski definition) is 3. The van der Waals surface area contributed by atoms with Crippen molar-refractivity contribution in [1.82, 2.24) is 15.4 Å². The van der Waals surface area contributed by atoms with Crippen LogP contribution in [0.25, 0.3) is 0 Å². The maximum atomic E-state index is 10.8. The second kappa shape index (κ2) is 3.28. The number of rotatable bonds is 3. The SMILES string of the molecule is [NH]S(=O)(=O)CCN1CCNC1=O. The molecule has 2 amide bonds. The summed E-state index contributed by atoms with van der Waals surface area (Å²) >= 11 is 0. The van der Waals surface area contributed by atoms with E-state index in [0.29, 0.717) is 13.1 Å². The van der Waals surface area contributed by atoms with Gasteiger partial charge in [0.15, 0.2) is 0 Å². The number of hydrogen-bond donors (Lipinski definition) is 1. The summed E-state index contributed by atoms with van der Waals surface area (Å²) in [6.45, 7) is 1.18. The molecule has 1 saturated heterocycles. The largest absolute Gasteiger partial charge is 0.336 e. The molecule has 0 aliphatic carbocycles. The molecule has 0 spiro atoms. The first-order valence-corrected chi connectivity index (χ1v) is 5.14. The summed E-state index contributed by atoms with van der Waals surface area (Å²) in [6.07, 6.45) is 0. The second-order valence-corrected chi connectivity index (χ2v) is 4.18. The molecule has 1 radical (unpaired) electrons. The molecule has 0 aromatic rings. The first-order valence-electron chi connectivity index (χ1n) is 3.49. The van der Waals surface area contributed by atoms with Gasteiger partial charge in [0.1, 0.15) is 0 Å². The number of urea groups is 1. The highest BCUT2D eigenvalue weighted by atomic mass is 32.2. The molecule has 12 heavy (non-hydrogen) atoms. The van der Waals surface area contributed by atoms with Gasteiger partial charge in [0, 0.05) is 19.6 Å². The quantitative estimate of drug-likeness (QED) is 0.597. The van der Waals surface area contributed by atoms with Gasteiger partial charge in [0.05, 0.1) is 5.75 Å². The summed E-state index contributed by atoms with van der Waals surface area (Å²) in [6, 6.07) is -0.251. The third-order valence-electron chi connectivity index (χ3n) is 1.58. The van der Waals surface area contributed by atoms with E-state index >= 15 is 0 Å². The smallest absolute Gasteiger partial charge is 0.317 e. The Hall–Kier alpha value is -0.820. The molecular formula is C5H10N3O3S. The lowest BCUT2D eigenvalue weighted by molar-refractivity contribution is 0.220. The predicted molar refractivity (Wildman–Crippen MR) is 41.9 cm³/mol. The normalized spacial score (nSPS) is 18.1. The molecule has 0 saturated carbocycles. The molecule has 0 aromatic carbocycles. The van der Waals surface area contributed by atoms with Gasteiger partial charge in [-0.1, -0.05) is 0 Å². The predicted octanol–water partition coefficient (Wildman–Crippen LogP) is -1.38. The fourth-order valence-corrected chi connectivity index (χ4v) is 1.42. The number of carbonyl (C=O) groups is 1. The third kappa shape index (κ3) is 2.67. The van der Waals surface area contributed by atoms with Crippen molar-refractivity contribution in [3.8, 4) is 0 Å². The first kappa shape index (κ1) is 9.27. The van der Waals surface area contributed by atoms with Gasteiger partial charge in [-0.15, -0.1) is 5.14 Å². The van der Waals surface area contributed by atoms with Crippen LogP contribution in [0.2, 0.25) is 0 Å². The molecule has 6 nitrogen and oxygen atoms in total. The maximum absolute atomic E-state index is 10.8. The van der Waals surface area contributed by atoms with E-state index in [1.807, 2.05) is 0 Å². The summed E-state index contributed by atoms with van der Waals surface area (Å²) in [5.41, 5.74) is 0. The van der Waals surface area contributed by atoms with Gasteiger partial charge < -0.3 is 10.2 Å². The highest BCUT2D eigenvalue weighted by Crippen LogP contribution is 1.96. The molecule has 0 atom stereocenters. The van der Waals surface area contributed by atoms with Gasteiger partial charge in [0.2, 0.25) is 10.0 Å². The van der Waals surface area contributed by atoms with Crippen LogP contribution in [-0.2, 0) is 10.0 Å². The lowest BCUT2D eigenvalue weighted by atomic mass is 10.6. The summed E-state index contributed by atoms with van der Waals surface area (Å²) in [7, 11) is -3.71. The molecule has 0 aromatic heterocycles. The zero-order valence-electron chi connectivity index (χ0n) is 6.41. The molecule has 1 fully saturated rings. The minimum absolute atomic E-state index is 0.109. The standard InChI is InChI=1S/C5H10N3O3S/c6-12(10,11)4-3-8-2-1-7-5(8)9/h6H,1-4H2,(H,7,9). The van der Waals surface area contributed by atoms with Crippen molar-refractivity contribution in [3.63, 3.8) is 0 Å². The van der Waals surface area contributed by atoms with Crippen LogP contribution in [-0.4, -0.2) is 44.7 Å². The molecule has 7 heteroatoms. The van der Waals surface area contributed by atoms with Crippen molar-refractivity contribution in [2.75, 3.05) is 25.4 Å². The lowest BCUT2D eigenvalue weighted by Crippen LogP contribution is -2.32. The van der Waals surface area contributed by atoms with E-state index in [1.165, 1.54) is 4.90 Å². The Balaban J connectivity index is 2.37. The van der Waals surface area contributed by atoms with Crippen molar-refractivity contribution in [3.05, 3.63) is 0 Å². The fourth-order valence-electron chi connectivity index (χ4n) is 0.955. The molecule has 0 unspecified atom stereocenters. The van der Waals surface area contributed by atoms with Crippen molar-refractivity contribution in [1.29, 1.82) is 0 Å². The molecule has 1 heterocycles. The van der Waals surface area contributed by atoms with Gasteiger partial charge in [-0.2, -0.15) is 0 Å². The first-order chi connectivity index (χ1) is 5.49. The van der Waals surface area contributed by atoms with E-state index in [9.17, 15) is 13.2 Å². The highest BCUT2D eigenvalue weighted by Gasteiger charge is 2.20. The van der Waals surface area contributed by atoms with E-state index in [4.69, 9.17) is 5.14 Å². The Kier molecular flexibility index (Phi) is 2.53. The van der Waals surface area contributed by atoms with Crippen molar-refractivity contribution < 1.29 is 13.2 Å². The Morgan fingerprint density at radius 2 is 2.25 bits per heavy atom. The van der Waals surface area contributed by atoms with E-state index in [2.05, 4.69) is 5.32 Å². The zero-order valence-corrected chi connectivity index (χ0v) is 7.23. The second-order valence-electron chi connectivity index (χ2n) is 2.54. The van der Waals surface area contributed by atoms with Gasteiger partial charge in [-0.3, -0.25) is 0 Å². The molecule has 69 valence electrons. The third-order valence-corrected chi connectivity index (χ3v) is 2.30. The number of nitrogens with one attached hydrogen (secondary N) is 2. The van der Waals surface area contributed by atoms with E-state index in [1.54, 1.807) is 0 Å². The van der Waals surface area contributed by atoms with E-state index < -0.39 is 10.0 Å². The van der Waals surface area contributed by atoms with Gasteiger partial charge in [-0.05, 0) is 0 Å². The van der Waals surface area contributed by atoms with Crippen LogP contribution in [0.5, 0.6) is 0 Å². The Bertz CT molecular complexity index is 274. The Morgan fingerprint density at radius 3 is 2.67 bits per heavy atom. The van der Waals surface area contributed by atoms with Gasteiger partial charge in [-0.25, -0.2) is 13.2 Å². The van der Waals surface area contributed by atoms with Crippen LogP contribution in [0.4, 0.5) is 4.79 Å². The van der Waals surface area contributed by atoms with Crippen LogP contribution < -0.4 is 10.5 Å². The number of sulfonamides is 1. The lowest BCUT2D eigenvalue weighted by Gasteiger charge is -2.11. The molecule has 2 N–H and O–H groups in total. The number of nitrogens with zero attached hydrogens (tertiary/aromatic N) is 1. The minimum Gasteiger partial charge on any atom is -0.336 e. The Morgan fingerprint density at radius 1 is 1.58 bits per heavy atom. The zero-order chi connectivity index (χ0) is 9.19. The summed E-state index contributed by atoms with van der Waals surface area (Å²) < 4.78 is 20.8. The van der Waals surface area contributed by atoms with E-state index in [0.717, 1.165) is 0 Å². The van der Waals surface area contributed by atoms with Crippen molar-refractivity contribution in [2.45, 2.75) is 0 Å². The average molecular weight is 192 g/mol. The maximum Gasteiger partial charge on any atom is 0.317 e. The fraction of sp³-hybridized carbons (Fsp3) is 0.800. The molecule has 1 aliphatic heterocycles. The van der Waals surface area contributed by atoms with Gasteiger partial charge >= 0.3 is 6.03 Å². The molecule has 0 bridgehead atoms. The summed E-state index contributed by atoms with van der Waals surface area (Å²) in [5.74, 6) is -0.291. The monoisotopic (exact) mass is 192 g/mol. The molecule has 1 rings (SSSR count). The van der Waals surface area contributed by atoms with Gasteiger partial charge in [0.25, 0.3) is 0 Å².